The number of benzene rings is 2. The standard InChI is InChI=1S/C32H42N8O/c33-30(25-6-8-28(9-7-25)41-27-4-2-1-3-5-27)29-31(34)36-22-37-32(29)38-26-12-16-39(17-13-26)19-24-20-40(21-24)18-23-10-14-35-15-11-23/h1-9,22-24,26,33,35H,10-21H2,(H3,34,36,37,38). The first kappa shape index (κ1) is 27.6. The number of aromatic nitrogens is 2. The van der Waals surface area contributed by atoms with Gasteiger partial charge in [0.15, 0.2) is 0 Å². The van der Waals surface area contributed by atoms with Gasteiger partial charge in [0, 0.05) is 50.9 Å². The van der Waals surface area contributed by atoms with Gasteiger partial charge >= 0.3 is 0 Å². The summed E-state index contributed by atoms with van der Waals surface area (Å²) >= 11 is 0. The lowest BCUT2D eigenvalue weighted by Gasteiger charge is -2.44. The van der Waals surface area contributed by atoms with Crippen LogP contribution >= 0.6 is 0 Å². The number of rotatable bonds is 10. The molecule has 0 saturated carbocycles. The number of anilines is 2. The molecule has 0 atom stereocenters. The van der Waals surface area contributed by atoms with Gasteiger partial charge in [0.2, 0.25) is 0 Å². The Morgan fingerprint density at radius 3 is 2.29 bits per heavy atom. The number of nitrogens with zero attached hydrogens (tertiary/aromatic N) is 4. The Labute approximate surface area is 243 Å². The van der Waals surface area contributed by atoms with Crippen molar-refractivity contribution in [1.29, 1.82) is 5.41 Å². The van der Waals surface area contributed by atoms with E-state index in [2.05, 4.69) is 30.4 Å². The van der Waals surface area contributed by atoms with E-state index in [0.717, 1.165) is 49.1 Å². The molecule has 0 bridgehead atoms. The van der Waals surface area contributed by atoms with Crippen molar-refractivity contribution in [2.24, 2.45) is 11.8 Å². The summed E-state index contributed by atoms with van der Waals surface area (Å²) in [5.41, 5.74) is 7.88. The molecule has 0 unspecified atom stereocenters. The average molecular weight is 555 g/mol. The molecule has 6 rings (SSSR count). The van der Waals surface area contributed by atoms with Crippen molar-refractivity contribution in [3.63, 3.8) is 0 Å². The fraction of sp³-hybridized carbons (Fsp3) is 0.469. The van der Waals surface area contributed by atoms with E-state index < -0.39 is 0 Å². The number of piperidine rings is 2. The van der Waals surface area contributed by atoms with E-state index in [1.165, 1.54) is 58.4 Å². The molecule has 1 aromatic heterocycles. The highest BCUT2D eigenvalue weighted by Gasteiger charge is 2.31. The van der Waals surface area contributed by atoms with E-state index in [1.807, 2.05) is 54.6 Å². The quantitative estimate of drug-likeness (QED) is 0.277. The molecule has 3 aromatic rings. The highest BCUT2D eigenvalue weighted by atomic mass is 16.5. The fourth-order valence-electron chi connectivity index (χ4n) is 6.40. The monoisotopic (exact) mass is 554 g/mol. The summed E-state index contributed by atoms with van der Waals surface area (Å²) in [6.45, 7) is 9.54. The molecule has 3 saturated heterocycles. The van der Waals surface area contributed by atoms with Gasteiger partial charge in [-0.05, 0) is 87.0 Å². The van der Waals surface area contributed by atoms with Gasteiger partial charge in [0.1, 0.15) is 29.5 Å². The highest BCUT2D eigenvalue weighted by molar-refractivity contribution is 6.16. The molecule has 4 heterocycles. The number of hydrogen-bond donors (Lipinski definition) is 4. The minimum atomic E-state index is 0.298. The van der Waals surface area contributed by atoms with Crippen LogP contribution in [0.2, 0.25) is 0 Å². The van der Waals surface area contributed by atoms with Crippen LogP contribution in [0, 0.1) is 17.2 Å². The lowest BCUT2D eigenvalue weighted by atomic mass is 9.92. The number of para-hydroxylation sites is 1. The first-order valence-electron chi connectivity index (χ1n) is 15.1. The second-order valence-corrected chi connectivity index (χ2v) is 11.8. The molecule has 3 aliphatic heterocycles. The summed E-state index contributed by atoms with van der Waals surface area (Å²) < 4.78 is 5.91. The first-order chi connectivity index (χ1) is 20.1. The van der Waals surface area contributed by atoms with Crippen molar-refractivity contribution in [2.75, 3.05) is 63.4 Å². The molecule has 0 spiro atoms. The van der Waals surface area contributed by atoms with Crippen molar-refractivity contribution >= 4 is 17.3 Å². The van der Waals surface area contributed by atoms with Crippen molar-refractivity contribution in [2.45, 2.75) is 31.7 Å². The van der Waals surface area contributed by atoms with Gasteiger partial charge < -0.3 is 30.9 Å². The maximum Gasteiger partial charge on any atom is 0.141 e. The smallest absolute Gasteiger partial charge is 0.141 e. The topological polar surface area (TPSA) is 115 Å². The second-order valence-electron chi connectivity index (χ2n) is 11.8. The van der Waals surface area contributed by atoms with Gasteiger partial charge in [-0.1, -0.05) is 18.2 Å². The van der Waals surface area contributed by atoms with Crippen LogP contribution in [0.1, 0.15) is 36.8 Å². The van der Waals surface area contributed by atoms with Crippen molar-refractivity contribution < 1.29 is 4.74 Å². The van der Waals surface area contributed by atoms with Crippen LogP contribution in [0.3, 0.4) is 0 Å². The summed E-state index contributed by atoms with van der Waals surface area (Å²) in [6.07, 6.45) is 6.24. The minimum absolute atomic E-state index is 0.298. The van der Waals surface area contributed by atoms with Gasteiger partial charge in [-0.2, -0.15) is 0 Å². The van der Waals surface area contributed by atoms with E-state index in [1.54, 1.807) is 0 Å². The van der Waals surface area contributed by atoms with Gasteiger partial charge in [0.05, 0.1) is 11.3 Å². The highest BCUT2D eigenvalue weighted by Crippen LogP contribution is 2.28. The molecule has 3 fully saturated rings. The molecule has 0 radical (unpaired) electrons. The van der Waals surface area contributed by atoms with E-state index in [0.29, 0.717) is 34.7 Å². The van der Waals surface area contributed by atoms with E-state index >= 15 is 0 Å². The van der Waals surface area contributed by atoms with Crippen LogP contribution in [-0.4, -0.2) is 83.9 Å². The SMILES string of the molecule is N=C(c1ccc(Oc2ccccc2)cc1)c1c(N)ncnc1NC1CCN(CC2CN(CC3CCNCC3)C2)CC1. The normalized spacial score (nSPS) is 19.5. The molecule has 3 aliphatic rings. The molecule has 2 aromatic carbocycles. The molecular weight excluding hydrogens is 512 g/mol. The molecule has 0 amide bonds. The summed E-state index contributed by atoms with van der Waals surface area (Å²) in [7, 11) is 0. The minimum Gasteiger partial charge on any atom is -0.457 e. The first-order valence-corrected chi connectivity index (χ1v) is 15.1. The van der Waals surface area contributed by atoms with Crippen LogP contribution < -0.4 is 21.1 Å². The van der Waals surface area contributed by atoms with Crippen LogP contribution in [-0.2, 0) is 0 Å². The number of nitrogens with one attached hydrogen (secondary N) is 3. The third kappa shape index (κ3) is 7.04. The van der Waals surface area contributed by atoms with E-state index in [9.17, 15) is 0 Å². The Kier molecular flexibility index (Phi) is 8.74. The van der Waals surface area contributed by atoms with E-state index in [4.69, 9.17) is 15.9 Å². The Bertz CT molecular complexity index is 1280. The van der Waals surface area contributed by atoms with E-state index in [-0.39, 0.29) is 0 Å². The Balaban J connectivity index is 0.998. The largest absolute Gasteiger partial charge is 0.457 e. The Hall–Kier alpha value is -3.53. The van der Waals surface area contributed by atoms with Crippen molar-refractivity contribution in [3.05, 3.63) is 72.1 Å². The van der Waals surface area contributed by atoms with Gasteiger partial charge in [-0.3, -0.25) is 5.41 Å². The maximum absolute atomic E-state index is 8.94. The maximum atomic E-state index is 8.94. The number of nitrogens with two attached hydrogens (primary N) is 1. The molecule has 41 heavy (non-hydrogen) atoms. The molecule has 9 heteroatoms. The predicted molar refractivity (Wildman–Crippen MR) is 164 cm³/mol. The van der Waals surface area contributed by atoms with Gasteiger partial charge in [-0.25, -0.2) is 9.97 Å². The third-order valence-electron chi connectivity index (χ3n) is 8.70. The van der Waals surface area contributed by atoms with Gasteiger partial charge in [-0.15, -0.1) is 0 Å². The number of likely N-dealkylation sites (tertiary alicyclic amines) is 2. The number of ether oxygens (including phenoxy) is 1. The van der Waals surface area contributed by atoms with Crippen molar-refractivity contribution in [1.82, 2.24) is 25.1 Å². The Morgan fingerprint density at radius 2 is 1.56 bits per heavy atom. The fourth-order valence-corrected chi connectivity index (χ4v) is 6.40. The summed E-state index contributed by atoms with van der Waals surface area (Å²) in [6, 6.07) is 17.5. The summed E-state index contributed by atoms with van der Waals surface area (Å²) in [5, 5.41) is 16.0. The zero-order valence-electron chi connectivity index (χ0n) is 23.8. The predicted octanol–water partition coefficient (Wildman–Crippen LogP) is 4.07. The molecule has 9 nitrogen and oxygen atoms in total. The second kappa shape index (κ2) is 13.0. The van der Waals surface area contributed by atoms with Gasteiger partial charge in [0.25, 0.3) is 0 Å². The molecule has 216 valence electrons. The number of hydrogen-bond acceptors (Lipinski definition) is 9. The average Bonchev–Trinajstić information content (AvgIpc) is 2.98. The summed E-state index contributed by atoms with van der Waals surface area (Å²) in [4.78, 5) is 14.0. The summed E-state index contributed by atoms with van der Waals surface area (Å²) in [5.74, 6) is 4.13. The van der Waals surface area contributed by atoms with Crippen LogP contribution in [0.5, 0.6) is 11.5 Å². The third-order valence-corrected chi connectivity index (χ3v) is 8.70. The molecule has 0 aliphatic carbocycles. The number of nitrogen functional groups attached to an aromatic ring is 1. The van der Waals surface area contributed by atoms with Crippen molar-refractivity contribution in [3.8, 4) is 11.5 Å². The Morgan fingerprint density at radius 1 is 0.878 bits per heavy atom. The molecular formula is C32H42N8O. The van der Waals surface area contributed by atoms with Crippen LogP contribution in [0.4, 0.5) is 11.6 Å². The molecule has 5 N–H and O–H groups in total. The van der Waals surface area contributed by atoms with Crippen LogP contribution in [0.25, 0.3) is 0 Å². The lowest BCUT2D eigenvalue weighted by molar-refractivity contribution is 0.0439. The van der Waals surface area contributed by atoms with Crippen LogP contribution in [0.15, 0.2) is 60.9 Å². The zero-order chi connectivity index (χ0) is 28.0. The zero-order valence-corrected chi connectivity index (χ0v) is 23.8. The lowest BCUT2D eigenvalue weighted by Crippen LogP contribution is -2.54.